The molecule has 2 saturated carbocycles. The summed E-state index contributed by atoms with van der Waals surface area (Å²) in [6, 6.07) is 9.98. The Hall–Kier alpha value is -5.06. The number of pyridine rings is 2. The predicted octanol–water partition coefficient (Wildman–Crippen LogP) is 3.72. The van der Waals surface area contributed by atoms with Gasteiger partial charge in [0.25, 0.3) is 11.8 Å². The molecule has 5 atom stereocenters. The van der Waals surface area contributed by atoms with Crippen LogP contribution in [0.1, 0.15) is 61.0 Å². The number of aliphatic hydroxyl groups is 1. The van der Waals surface area contributed by atoms with Crippen molar-refractivity contribution in [1.29, 1.82) is 0 Å². The largest absolute Gasteiger partial charge is 0.477 e. The van der Waals surface area contributed by atoms with Gasteiger partial charge in [0, 0.05) is 63.6 Å². The molecule has 0 bridgehead atoms. The lowest BCUT2D eigenvalue weighted by Gasteiger charge is -2.22. The van der Waals surface area contributed by atoms with Crippen molar-refractivity contribution in [2.75, 3.05) is 36.0 Å². The van der Waals surface area contributed by atoms with Crippen molar-refractivity contribution in [3.05, 3.63) is 81.7 Å². The molecule has 3 N–H and O–H groups in total. The average Bonchev–Trinajstić information content (AvgIpc) is 3.60. The van der Waals surface area contributed by atoms with Gasteiger partial charge in [0.05, 0.1) is 35.1 Å². The Morgan fingerprint density at radius 1 is 0.765 bits per heavy atom. The molecule has 270 valence electrons. The molecular formula is C34H36F4N8O5. The van der Waals surface area contributed by atoms with Gasteiger partial charge in [-0.05, 0) is 43.7 Å². The standard InChI is InChI=1S/C17H18F2N4O3.C17H18F2N4O2/c1-8-9(15(24)12-5-13(16(25)26)22(2)21-12)3-4-14(20-8)23-6-10-11(7-23)17(10,18)19;1-9-10(5-11-6-14(16(24)25)22(2)21-11)3-4-15(20-9)23-7-12-13(8-23)17(12,18)19/h3-5,10-11,15,24H,6-7H2,1-2H3,(H,25,26);3-4,6,12-13H,5,7-8H2,1-2H3,(H,24,25). The number of hydrogen-bond acceptors (Lipinski definition) is 9. The maximum Gasteiger partial charge on any atom is 0.354 e. The Morgan fingerprint density at radius 2 is 1.24 bits per heavy atom. The van der Waals surface area contributed by atoms with E-state index in [1.807, 2.05) is 28.9 Å². The number of aryl methyl sites for hydroxylation is 4. The van der Waals surface area contributed by atoms with Crippen LogP contribution in [0.25, 0.3) is 0 Å². The first-order chi connectivity index (χ1) is 24.0. The molecule has 2 aliphatic carbocycles. The first kappa shape index (κ1) is 34.4. The van der Waals surface area contributed by atoms with E-state index in [1.165, 1.54) is 22.5 Å². The molecule has 0 spiro atoms. The molecule has 51 heavy (non-hydrogen) atoms. The van der Waals surface area contributed by atoms with Crippen LogP contribution in [0.15, 0.2) is 36.4 Å². The van der Waals surface area contributed by atoms with Gasteiger partial charge in [-0.3, -0.25) is 9.36 Å². The van der Waals surface area contributed by atoms with Gasteiger partial charge >= 0.3 is 11.9 Å². The summed E-state index contributed by atoms with van der Waals surface area (Å²) >= 11 is 0. The van der Waals surface area contributed by atoms with Crippen LogP contribution in [-0.2, 0) is 20.5 Å². The van der Waals surface area contributed by atoms with Gasteiger partial charge in [0.2, 0.25) is 0 Å². The number of halogens is 4. The number of alkyl halides is 4. The van der Waals surface area contributed by atoms with Crippen LogP contribution >= 0.6 is 0 Å². The highest BCUT2D eigenvalue weighted by molar-refractivity contribution is 5.86. The van der Waals surface area contributed by atoms with Crippen LogP contribution < -0.4 is 9.80 Å². The van der Waals surface area contributed by atoms with E-state index < -0.39 is 53.6 Å². The second-order valence-electron chi connectivity index (χ2n) is 13.8. The third-order valence-electron chi connectivity index (χ3n) is 10.6. The van der Waals surface area contributed by atoms with E-state index >= 15 is 0 Å². The molecule has 4 fully saturated rings. The van der Waals surface area contributed by atoms with Gasteiger partial charge in [-0.25, -0.2) is 37.1 Å². The molecular weight excluding hydrogens is 676 g/mol. The van der Waals surface area contributed by atoms with Gasteiger partial charge in [-0.1, -0.05) is 12.1 Å². The van der Waals surface area contributed by atoms with Crippen molar-refractivity contribution in [2.24, 2.45) is 37.8 Å². The number of carboxylic acid groups (broad SMARTS) is 2. The van der Waals surface area contributed by atoms with Gasteiger partial charge in [-0.15, -0.1) is 0 Å². The van der Waals surface area contributed by atoms with Crippen LogP contribution in [0, 0.1) is 37.5 Å². The summed E-state index contributed by atoms with van der Waals surface area (Å²) in [7, 11) is 3.08. The minimum Gasteiger partial charge on any atom is -0.477 e. The van der Waals surface area contributed by atoms with E-state index in [-0.39, 0.29) is 30.2 Å². The van der Waals surface area contributed by atoms with Crippen molar-refractivity contribution >= 4 is 23.6 Å². The molecule has 2 saturated heterocycles. The third-order valence-corrected chi connectivity index (χ3v) is 10.6. The quantitative estimate of drug-likeness (QED) is 0.228. The Labute approximate surface area is 289 Å². The molecule has 0 radical (unpaired) electrons. The predicted molar refractivity (Wildman–Crippen MR) is 173 cm³/mol. The Kier molecular flexibility index (Phi) is 8.11. The van der Waals surface area contributed by atoms with Gasteiger partial charge in [0.1, 0.15) is 29.1 Å². The number of aliphatic hydroxyl groups excluding tert-OH is 1. The van der Waals surface area contributed by atoms with E-state index in [0.717, 1.165) is 17.1 Å². The highest BCUT2D eigenvalue weighted by Crippen LogP contribution is 2.60. The lowest BCUT2D eigenvalue weighted by Crippen LogP contribution is -2.28. The molecule has 5 unspecified atom stereocenters. The zero-order chi connectivity index (χ0) is 36.7. The highest BCUT2D eigenvalue weighted by atomic mass is 19.3. The Balaban J connectivity index is 0.000000159. The highest BCUT2D eigenvalue weighted by Gasteiger charge is 2.72. The number of nitrogens with zero attached hydrogens (tertiary/aromatic N) is 8. The summed E-state index contributed by atoms with van der Waals surface area (Å²) in [5.74, 6) is -8.09. The van der Waals surface area contributed by atoms with Crippen LogP contribution in [0.4, 0.5) is 29.2 Å². The average molecular weight is 713 g/mol. The number of rotatable bonds is 8. The summed E-state index contributed by atoms with van der Waals surface area (Å²) in [6.45, 7) is 4.86. The minimum atomic E-state index is -2.54. The maximum atomic E-state index is 13.3. The maximum absolute atomic E-state index is 13.3. The smallest absolute Gasteiger partial charge is 0.354 e. The van der Waals surface area contributed by atoms with E-state index in [0.29, 0.717) is 42.3 Å². The van der Waals surface area contributed by atoms with E-state index in [1.54, 1.807) is 32.2 Å². The van der Waals surface area contributed by atoms with Crippen LogP contribution in [0.3, 0.4) is 0 Å². The molecule has 8 rings (SSSR count). The molecule has 17 heteroatoms. The number of carbonyl (C=O) groups is 2. The van der Waals surface area contributed by atoms with E-state index in [9.17, 15) is 32.3 Å². The SMILES string of the molecule is Cc1nc(N2CC3C(C2)C3(F)F)ccc1C(O)c1cc(C(=O)O)n(C)n1.Cc1nc(N2CC3C(C2)C3(F)F)ccc1Cc1cc(C(=O)O)n(C)n1. The molecule has 2 aliphatic heterocycles. The van der Waals surface area contributed by atoms with E-state index in [4.69, 9.17) is 10.2 Å². The molecule has 0 amide bonds. The van der Waals surface area contributed by atoms with Gasteiger partial charge < -0.3 is 25.1 Å². The molecule has 0 aromatic carbocycles. The number of carboxylic acids is 2. The Bertz CT molecular complexity index is 2020. The molecule has 4 aromatic heterocycles. The summed E-state index contributed by atoms with van der Waals surface area (Å²) < 4.78 is 55.8. The third kappa shape index (κ3) is 6.06. The fraction of sp³-hybridized carbons (Fsp3) is 0.471. The second kappa shape index (κ2) is 12.0. The van der Waals surface area contributed by atoms with Crippen molar-refractivity contribution in [1.82, 2.24) is 29.5 Å². The molecule has 13 nitrogen and oxygen atoms in total. The van der Waals surface area contributed by atoms with Gasteiger partial charge in [0.15, 0.2) is 0 Å². The van der Waals surface area contributed by atoms with Crippen molar-refractivity contribution in [3.63, 3.8) is 0 Å². The second-order valence-corrected chi connectivity index (χ2v) is 13.8. The van der Waals surface area contributed by atoms with Crippen LogP contribution in [0.2, 0.25) is 0 Å². The topological polar surface area (TPSA) is 163 Å². The minimum absolute atomic E-state index is 0.0292. The molecule has 4 aliphatic rings. The normalized spacial score (nSPS) is 24.0. The van der Waals surface area contributed by atoms with Crippen molar-refractivity contribution in [3.8, 4) is 0 Å². The lowest BCUT2D eigenvalue weighted by molar-refractivity contribution is 0.0674. The first-order valence-electron chi connectivity index (χ1n) is 16.4. The number of anilines is 2. The van der Waals surface area contributed by atoms with Gasteiger partial charge in [-0.2, -0.15) is 10.2 Å². The summed E-state index contributed by atoms with van der Waals surface area (Å²) in [4.78, 5) is 34.9. The number of piperidine rings is 2. The fourth-order valence-corrected chi connectivity index (χ4v) is 7.34. The van der Waals surface area contributed by atoms with Crippen molar-refractivity contribution < 1.29 is 42.5 Å². The van der Waals surface area contributed by atoms with E-state index in [2.05, 4.69) is 20.2 Å². The number of hydrogen-bond donors (Lipinski definition) is 3. The first-order valence-corrected chi connectivity index (χ1v) is 16.4. The zero-order valence-electron chi connectivity index (χ0n) is 28.1. The van der Waals surface area contributed by atoms with Crippen LogP contribution in [0.5, 0.6) is 0 Å². The molecule has 6 heterocycles. The molecule has 4 aromatic rings. The number of aromatic nitrogens is 6. The number of aromatic carboxylic acids is 2. The zero-order valence-corrected chi connectivity index (χ0v) is 28.1. The summed E-state index contributed by atoms with van der Waals surface area (Å²) in [5, 5.41) is 37.0. The fourth-order valence-electron chi connectivity index (χ4n) is 7.34. The van der Waals surface area contributed by atoms with Crippen LogP contribution in [-0.4, -0.2) is 94.8 Å². The lowest BCUT2D eigenvalue weighted by atomic mass is 10.0. The summed E-state index contributed by atoms with van der Waals surface area (Å²) in [6.07, 6.45) is -0.643. The number of fused-ring (bicyclic) bond motifs is 2. The summed E-state index contributed by atoms with van der Waals surface area (Å²) in [5.41, 5.74) is 3.75. The Morgan fingerprint density at radius 3 is 1.69 bits per heavy atom. The monoisotopic (exact) mass is 712 g/mol. The van der Waals surface area contributed by atoms with Crippen molar-refractivity contribution in [2.45, 2.75) is 38.2 Å².